The monoisotopic (exact) mass is 334 g/mol. The van der Waals surface area contributed by atoms with Gasteiger partial charge in [0.2, 0.25) is 5.23 Å². The lowest BCUT2D eigenvalue weighted by Gasteiger charge is -2.19. The van der Waals surface area contributed by atoms with Crippen molar-refractivity contribution in [2.24, 2.45) is 5.84 Å². The molecule has 1 aromatic rings. The topological polar surface area (TPSA) is 115 Å². The zero-order chi connectivity index (χ0) is 16.0. The van der Waals surface area contributed by atoms with Gasteiger partial charge in [-0.05, 0) is 13.0 Å². The quantitative estimate of drug-likeness (QED) is 0.329. The number of likely N-dealkylation sites (N-methyl/N-ethyl adjacent to an activating group) is 1. The molecule has 3 N–H and O–H groups in total. The van der Waals surface area contributed by atoms with Crippen LogP contribution in [0.4, 0.5) is 5.82 Å². The van der Waals surface area contributed by atoms with Gasteiger partial charge in [0.25, 0.3) is 0 Å². The second kappa shape index (κ2) is 7.39. The van der Waals surface area contributed by atoms with E-state index in [0.717, 1.165) is 4.31 Å². The molecule has 21 heavy (non-hydrogen) atoms. The van der Waals surface area contributed by atoms with Crippen LogP contribution in [0.3, 0.4) is 0 Å². The first-order valence-corrected chi connectivity index (χ1v) is 7.70. The number of aromatic nitrogens is 1. The minimum absolute atomic E-state index is 0.0216. The smallest absolute Gasteiger partial charge is 0.321 e. The number of halogens is 1. The summed E-state index contributed by atoms with van der Waals surface area (Å²) in [7, 11) is -2.09. The van der Waals surface area contributed by atoms with Gasteiger partial charge in [0.05, 0.1) is 16.5 Å². The number of hydrogen-bond donors (Lipinski definition) is 2. The molecule has 0 saturated heterocycles. The zero-order valence-corrected chi connectivity index (χ0v) is 13.0. The van der Waals surface area contributed by atoms with Crippen LogP contribution in [0.1, 0.15) is 6.92 Å². The van der Waals surface area contributed by atoms with E-state index in [4.69, 9.17) is 22.2 Å². The summed E-state index contributed by atoms with van der Waals surface area (Å²) in [6.45, 7) is 1.49. The van der Waals surface area contributed by atoms with E-state index < -0.39 is 15.7 Å². The van der Waals surface area contributed by atoms with E-state index in [-0.39, 0.29) is 28.9 Å². The summed E-state index contributed by atoms with van der Waals surface area (Å²) in [5.41, 5.74) is 2.25. The Labute approximate surface area is 127 Å². The Balaban J connectivity index is 3.16. The Kier molecular flexibility index (Phi) is 6.13. The Morgan fingerprint density at radius 3 is 2.81 bits per heavy atom. The fourth-order valence-electron chi connectivity index (χ4n) is 1.45. The molecule has 0 bridgehead atoms. The number of rotatable bonds is 6. The molecule has 1 heterocycles. The van der Waals surface area contributed by atoms with E-state index in [0.29, 0.717) is 0 Å². The number of anilines is 1. The second-order valence-electron chi connectivity index (χ2n) is 3.85. The minimum Gasteiger partial charge on any atom is -0.465 e. The number of nitrogens with zero attached hydrogens (tertiary/aromatic N) is 2. The Morgan fingerprint density at radius 1 is 1.67 bits per heavy atom. The lowest BCUT2D eigenvalue weighted by Crippen LogP contribution is -2.33. The van der Waals surface area contributed by atoms with Crippen molar-refractivity contribution in [2.75, 3.05) is 25.6 Å². The van der Waals surface area contributed by atoms with Crippen molar-refractivity contribution >= 4 is 38.3 Å². The highest BCUT2D eigenvalue weighted by Gasteiger charge is 2.23. The number of nitrogen functional groups attached to an aromatic ring is 1. The molecular weight excluding hydrogens is 320 g/mol. The van der Waals surface area contributed by atoms with Gasteiger partial charge in [-0.1, -0.05) is 11.6 Å². The number of carbonyl (C=O) groups excluding carboxylic acids is 2. The van der Waals surface area contributed by atoms with Crippen LogP contribution in [0.25, 0.3) is 0 Å². The molecule has 0 spiro atoms. The standard InChI is InChI=1S/C11H15ClN4O4S/c1-3-20-10(18)6-16(2)21(19,7-17)8-4-9(12)11(15-13)14-5-8/h4-5H,3,6,13H2,1-2H3,(H,14,15). The molecular formula is C11H15ClN4O4S. The first-order valence-electron chi connectivity index (χ1n) is 5.81. The average molecular weight is 335 g/mol. The van der Waals surface area contributed by atoms with E-state index in [1.165, 1.54) is 24.5 Å². The summed E-state index contributed by atoms with van der Waals surface area (Å²) in [5.74, 6) is 4.74. The highest BCUT2D eigenvalue weighted by Crippen LogP contribution is 2.23. The van der Waals surface area contributed by atoms with Gasteiger partial charge in [-0.3, -0.25) is 4.79 Å². The molecule has 8 nitrogen and oxygen atoms in total. The molecule has 0 amide bonds. The van der Waals surface area contributed by atoms with Crippen LogP contribution in [0, 0.1) is 0 Å². The Bertz CT molecular complexity index is 668. The molecule has 0 aromatic carbocycles. The lowest BCUT2D eigenvalue weighted by atomic mass is 10.5. The number of carbonyl (C=O) groups is 1. The van der Waals surface area contributed by atoms with Crippen LogP contribution in [0.2, 0.25) is 5.02 Å². The van der Waals surface area contributed by atoms with Gasteiger partial charge in [-0.15, -0.1) is 0 Å². The molecule has 0 saturated carbocycles. The van der Waals surface area contributed by atoms with E-state index in [9.17, 15) is 13.8 Å². The van der Waals surface area contributed by atoms with Crippen LogP contribution in [0.5, 0.6) is 0 Å². The second-order valence-corrected chi connectivity index (χ2v) is 6.57. The van der Waals surface area contributed by atoms with Gasteiger partial charge < -0.3 is 10.2 Å². The normalized spacial score (nSPS) is 13.4. The molecule has 0 fully saturated rings. The number of nitrogens with one attached hydrogen (secondary N) is 1. The number of pyridine rings is 1. The maximum atomic E-state index is 12.7. The Morgan fingerprint density at radius 2 is 2.33 bits per heavy atom. The van der Waals surface area contributed by atoms with Crippen molar-refractivity contribution in [2.45, 2.75) is 11.8 Å². The summed E-state index contributed by atoms with van der Waals surface area (Å²) in [6.07, 6.45) is 1.18. The van der Waals surface area contributed by atoms with Crippen molar-refractivity contribution in [3.05, 3.63) is 17.3 Å². The zero-order valence-electron chi connectivity index (χ0n) is 11.5. The lowest BCUT2D eigenvalue weighted by molar-refractivity contribution is -0.143. The summed E-state index contributed by atoms with van der Waals surface area (Å²) in [5, 5.41) is 1.54. The predicted molar refractivity (Wildman–Crippen MR) is 78.4 cm³/mol. The molecule has 1 aromatic heterocycles. The van der Waals surface area contributed by atoms with Gasteiger partial charge in [-0.2, -0.15) is 0 Å². The molecule has 0 aliphatic rings. The van der Waals surface area contributed by atoms with Crippen LogP contribution in [-0.2, 0) is 24.0 Å². The van der Waals surface area contributed by atoms with Crippen molar-refractivity contribution < 1.29 is 18.5 Å². The van der Waals surface area contributed by atoms with Crippen molar-refractivity contribution in [3.8, 4) is 0 Å². The van der Waals surface area contributed by atoms with Crippen LogP contribution in [0.15, 0.2) is 17.2 Å². The summed E-state index contributed by atoms with van der Waals surface area (Å²) in [4.78, 5) is 26.5. The van der Waals surface area contributed by atoms with E-state index in [1.807, 2.05) is 0 Å². The third kappa shape index (κ3) is 3.93. The minimum atomic E-state index is -3.43. The van der Waals surface area contributed by atoms with Crippen molar-refractivity contribution in [1.82, 2.24) is 9.29 Å². The number of hydrazine groups is 1. The van der Waals surface area contributed by atoms with Crippen LogP contribution < -0.4 is 11.3 Å². The Hall–Kier alpha value is -1.64. The van der Waals surface area contributed by atoms with E-state index >= 15 is 0 Å². The molecule has 10 heteroatoms. The molecule has 1 rings (SSSR count). The van der Waals surface area contributed by atoms with Gasteiger partial charge in [-0.25, -0.2) is 24.1 Å². The highest BCUT2D eigenvalue weighted by molar-refractivity contribution is 7.98. The first kappa shape index (κ1) is 17.4. The molecule has 1 atom stereocenters. The van der Waals surface area contributed by atoms with Crippen LogP contribution >= 0.6 is 11.6 Å². The van der Waals surface area contributed by atoms with Gasteiger partial charge >= 0.3 is 5.97 Å². The fourth-order valence-corrected chi connectivity index (χ4v) is 3.08. The van der Waals surface area contributed by atoms with Crippen molar-refractivity contribution in [3.63, 3.8) is 0 Å². The maximum absolute atomic E-state index is 12.7. The van der Waals surface area contributed by atoms with Crippen molar-refractivity contribution in [1.29, 1.82) is 0 Å². The number of ether oxygens (including phenoxy) is 1. The van der Waals surface area contributed by atoms with E-state index in [2.05, 4.69) is 10.4 Å². The summed E-state index contributed by atoms with van der Waals surface area (Å²) in [6, 6.07) is 1.28. The van der Waals surface area contributed by atoms with Gasteiger partial charge in [0.15, 0.2) is 5.82 Å². The molecule has 1 unspecified atom stereocenters. The first-order chi connectivity index (χ1) is 9.88. The molecule has 0 radical (unpaired) electrons. The third-order valence-electron chi connectivity index (χ3n) is 2.48. The highest BCUT2D eigenvalue weighted by atomic mass is 35.5. The average Bonchev–Trinajstić information content (AvgIpc) is 2.46. The maximum Gasteiger partial charge on any atom is 0.321 e. The van der Waals surface area contributed by atoms with Crippen LogP contribution in [-0.4, -0.2) is 44.9 Å². The number of esters is 1. The molecule has 116 valence electrons. The summed E-state index contributed by atoms with van der Waals surface area (Å²) < 4.78 is 18.5. The number of hydrogen-bond acceptors (Lipinski definition) is 7. The molecule has 0 aliphatic carbocycles. The molecule has 0 aliphatic heterocycles. The SMILES string of the molecule is CCOC(=O)CN(C)S(=O)(=C=O)c1cnc(NN)c(Cl)c1. The van der Waals surface area contributed by atoms with Gasteiger partial charge in [0.1, 0.15) is 16.3 Å². The number of nitrogens with two attached hydrogens (primary N) is 1. The van der Waals surface area contributed by atoms with Gasteiger partial charge in [0, 0.05) is 13.2 Å². The third-order valence-corrected chi connectivity index (χ3v) is 4.86. The fraction of sp³-hybridized carbons (Fsp3) is 0.364. The summed E-state index contributed by atoms with van der Waals surface area (Å²) >= 11 is 5.88. The van der Waals surface area contributed by atoms with E-state index in [1.54, 1.807) is 6.92 Å². The largest absolute Gasteiger partial charge is 0.465 e. The predicted octanol–water partition coefficient (Wildman–Crippen LogP) is 0.141.